The zero-order valence-electron chi connectivity index (χ0n) is 11.8. The third-order valence-electron chi connectivity index (χ3n) is 4.12. The molecule has 3 heteroatoms. The van der Waals surface area contributed by atoms with E-state index in [2.05, 4.69) is 37.4 Å². The first-order valence-electron chi connectivity index (χ1n) is 6.94. The van der Waals surface area contributed by atoms with Crippen LogP contribution < -0.4 is 5.32 Å². The normalized spacial score (nSPS) is 25.0. The van der Waals surface area contributed by atoms with Crippen LogP contribution in [-0.2, 0) is 4.74 Å². The van der Waals surface area contributed by atoms with E-state index in [0.29, 0.717) is 0 Å². The Kier molecular flexibility index (Phi) is 3.11. The average molecular weight is 259 g/mol. The molecule has 3 nitrogen and oxygen atoms in total. The molecule has 2 heterocycles. The van der Waals surface area contributed by atoms with Crippen LogP contribution in [0.25, 0.3) is 11.0 Å². The Morgan fingerprint density at radius 1 is 1.32 bits per heavy atom. The molecule has 0 saturated carbocycles. The van der Waals surface area contributed by atoms with E-state index in [1.807, 2.05) is 13.1 Å². The van der Waals surface area contributed by atoms with Gasteiger partial charge in [0, 0.05) is 12.0 Å². The van der Waals surface area contributed by atoms with E-state index in [9.17, 15) is 0 Å². The number of benzene rings is 1. The van der Waals surface area contributed by atoms with Gasteiger partial charge in [0.05, 0.1) is 11.6 Å². The second kappa shape index (κ2) is 4.66. The van der Waals surface area contributed by atoms with Gasteiger partial charge < -0.3 is 14.5 Å². The van der Waals surface area contributed by atoms with E-state index in [1.165, 1.54) is 5.56 Å². The number of fused-ring (bicyclic) bond motifs is 1. The van der Waals surface area contributed by atoms with Gasteiger partial charge in [0.25, 0.3) is 0 Å². The zero-order chi connectivity index (χ0) is 13.5. The van der Waals surface area contributed by atoms with Crippen LogP contribution in [0.15, 0.2) is 28.7 Å². The maximum atomic E-state index is 6.01. The summed E-state index contributed by atoms with van der Waals surface area (Å²) in [7, 11) is 1.97. The molecule has 0 radical (unpaired) electrons. The number of hydrogen-bond donors (Lipinski definition) is 1. The predicted octanol–water partition coefficient (Wildman–Crippen LogP) is 3.57. The molecule has 3 rings (SSSR count). The topological polar surface area (TPSA) is 34.4 Å². The van der Waals surface area contributed by atoms with Crippen molar-refractivity contribution in [3.8, 4) is 0 Å². The molecule has 0 aliphatic carbocycles. The molecule has 1 N–H and O–H groups in total. The number of nitrogens with one attached hydrogen (secondary N) is 1. The Morgan fingerprint density at radius 3 is 2.84 bits per heavy atom. The fourth-order valence-corrected chi connectivity index (χ4v) is 3.10. The third-order valence-corrected chi connectivity index (χ3v) is 4.12. The summed E-state index contributed by atoms with van der Waals surface area (Å²) in [5.41, 5.74) is 2.03. The van der Waals surface area contributed by atoms with Crippen LogP contribution in [0.1, 0.15) is 37.1 Å². The standard InChI is InChI=1S/C16H21NO2/c1-11-5-6-13-12(9-11)10-14(19-13)15(17-3)16(2)7-4-8-18-16/h5-6,9-10,15,17H,4,7-8H2,1-3H3. The van der Waals surface area contributed by atoms with Gasteiger partial charge in [0.1, 0.15) is 11.3 Å². The largest absolute Gasteiger partial charge is 0.459 e. The van der Waals surface area contributed by atoms with Gasteiger partial charge in [-0.15, -0.1) is 0 Å². The Morgan fingerprint density at radius 2 is 2.16 bits per heavy atom. The summed E-state index contributed by atoms with van der Waals surface area (Å²) in [4.78, 5) is 0. The lowest BCUT2D eigenvalue weighted by Crippen LogP contribution is -2.39. The van der Waals surface area contributed by atoms with Crippen LogP contribution in [0, 0.1) is 6.92 Å². The highest BCUT2D eigenvalue weighted by Crippen LogP contribution is 2.39. The van der Waals surface area contributed by atoms with Gasteiger partial charge in [0.15, 0.2) is 0 Å². The molecule has 1 aliphatic heterocycles. The summed E-state index contributed by atoms with van der Waals surface area (Å²) in [6, 6.07) is 8.52. The first kappa shape index (κ1) is 12.7. The van der Waals surface area contributed by atoms with Gasteiger partial charge >= 0.3 is 0 Å². The number of aryl methyl sites for hydroxylation is 1. The second-order valence-electron chi connectivity index (χ2n) is 5.68. The molecule has 2 aromatic rings. The number of likely N-dealkylation sites (N-methyl/N-ethyl adjacent to an activating group) is 1. The summed E-state index contributed by atoms with van der Waals surface area (Å²) in [5.74, 6) is 0.965. The second-order valence-corrected chi connectivity index (χ2v) is 5.68. The van der Waals surface area contributed by atoms with Gasteiger partial charge in [-0.05, 0) is 51.9 Å². The molecular weight excluding hydrogens is 238 g/mol. The minimum atomic E-state index is -0.169. The molecule has 0 spiro atoms. The fraction of sp³-hybridized carbons (Fsp3) is 0.500. The van der Waals surface area contributed by atoms with Crippen molar-refractivity contribution in [3.05, 3.63) is 35.6 Å². The van der Waals surface area contributed by atoms with Gasteiger partial charge in [-0.3, -0.25) is 0 Å². The number of furan rings is 1. The van der Waals surface area contributed by atoms with E-state index in [1.54, 1.807) is 0 Å². The maximum absolute atomic E-state index is 6.01. The first-order chi connectivity index (χ1) is 9.12. The summed E-state index contributed by atoms with van der Waals surface area (Å²) < 4.78 is 12.0. The predicted molar refractivity (Wildman–Crippen MR) is 76.3 cm³/mol. The van der Waals surface area contributed by atoms with Crippen molar-refractivity contribution in [1.82, 2.24) is 5.32 Å². The van der Waals surface area contributed by atoms with Crippen LogP contribution >= 0.6 is 0 Å². The lowest BCUT2D eigenvalue weighted by molar-refractivity contribution is -0.0156. The number of hydrogen-bond acceptors (Lipinski definition) is 3. The molecular formula is C16H21NO2. The van der Waals surface area contributed by atoms with Crippen molar-refractivity contribution in [2.45, 2.75) is 38.3 Å². The number of rotatable bonds is 3. The van der Waals surface area contributed by atoms with E-state index in [-0.39, 0.29) is 11.6 Å². The van der Waals surface area contributed by atoms with E-state index >= 15 is 0 Å². The van der Waals surface area contributed by atoms with Crippen LogP contribution in [-0.4, -0.2) is 19.3 Å². The summed E-state index contributed by atoms with van der Waals surface area (Å²) in [6.45, 7) is 5.11. The Labute approximate surface area is 113 Å². The van der Waals surface area contributed by atoms with Gasteiger partial charge in [-0.25, -0.2) is 0 Å². The summed E-state index contributed by atoms with van der Waals surface area (Å²) >= 11 is 0. The molecule has 1 aromatic carbocycles. The van der Waals surface area contributed by atoms with E-state index in [0.717, 1.165) is 36.2 Å². The third kappa shape index (κ3) is 2.17. The molecule has 2 unspecified atom stereocenters. The molecule has 19 heavy (non-hydrogen) atoms. The lowest BCUT2D eigenvalue weighted by Gasteiger charge is -2.31. The van der Waals surface area contributed by atoms with Gasteiger partial charge in [0.2, 0.25) is 0 Å². The highest BCUT2D eigenvalue weighted by atomic mass is 16.5. The fourth-order valence-electron chi connectivity index (χ4n) is 3.10. The Balaban J connectivity index is 2.01. The highest BCUT2D eigenvalue weighted by Gasteiger charge is 2.40. The minimum Gasteiger partial charge on any atom is -0.459 e. The van der Waals surface area contributed by atoms with E-state index in [4.69, 9.17) is 9.15 Å². The Bertz CT molecular complexity index is 581. The molecule has 102 valence electrons. The molecule has 2 atom stereocenters. The van der Waals surface area contributed by atoms with Crippen LogP contribution in [0.3, 0.4) is 0 Å². The molecule has 1 aliphatic rings. The maximum Gasteiger partial charge on any atom is 0.134 e. The van der Waals surface area contributed by atoms with Crippen molar-refractivity contribution in [3.63, 3.8) is 0 Å². The van der Waals surface area contributed by atoms with Crippen molar-refractivity contribution < 1.29 is 9.15 Å². The van der Waals surface area contributed by atoms with Gasteiger partial charge in [-0.1, -0.05) is 11.6 Å². The van der Waals surface area contributed by atoms with Crippen molar-refractivity contribution in [2.75, 3.05) is 13.7 Å². The molecule has 1 aromatic heterocycles. The van der Waals surface area contributed by atoms with Crippen LogP contribution in [0.2, 0.25) is 0 Å². The Hall–Kier alpha value is -1.32. The van der Waals surface area contributed by atoms with E-state index < -0.39 is 0 Å². The van der Waals surface area contributed by atoms with Crippen molar-refractivity contribution in [1.29, 1.82) is 0 Å². The van der Waals surface area contributed by atoms with Crippen molar-refractivity contribution in [2.24, 2.45) is 0 Å². The number of ether oxygens (including phenoxy) is 1. The van der Waals surface area contributed by atoms with Crippen molar-refractivity contribution >= 4 is 11.0 Å². The molecule has 0 bridgehead atoms. The monoisotopic (exact) mass is 259 g/mol. The van der Waals surface area contributed by atoms with Crippen LogP contribution in [0.5, 0.6) is 0 Å². The quantitative estimate of drug-likeness (QED) is 0.915. The lowest BCUT2D eigenvalue weighted by atomic mass is 9.91. The van der Waals surface area contributed by atoms with Gasteiger partial charge in [-0.2, -0.15) is 0 Å². The minimum absolute atomic E-state index is 0.0997. The molecule has 0 amide bonds. The molecule has 1 saturated heterocycles. The average Bonchev–Trinajstić information content (AvgIpc) is 2.96. The summed E-state index contributed by atoms with van der Waals surface area (Å²) in [6.07, 6.45) is 2.18. The SMILES string of the molecule is CNC(c1cc2cc(C)ccc2o1)C1(C)CCCO1. The first-order valence-corrected chi connectivity index (χ1v) is 6.94. The molecule has 1 fully saturated rings. The smallest absolute Gasteiger partial charge is 0.134 e. The summed E-state index contributed by atoms with van der Waals surface area (Å²) in [5, 5.41) is 4.52. The zero-order valence-corrected chi connectivity index (χ0v) is 11.8. The highest BCUT2D eigenvalue weighted by molar-refractivity contribution is 5.78. The van der Waals surface area contributed by atoms with Crippen LogP contribution in [0.4, 0.5) is 0 Å².